The summed E-state index contributed by atoms with van der Waals surface area (Å²) in [5.41, 5.74) is 2.25. The van der Waals surface area contributed by atoms with Crippen molar-refractivity contribution in [2.75, 3.05) is 7.11 Å². The van der Waals surface area contributed by atoms with Crippen molar-refractivity contribution in [2.45, 2.75) is 31.6 Å². The van der Waals surface area contributed by atoms with Crippen LogP contribution >= 0.6 is 11.8 Å². The van der Waals surface area contributed by atoms with E-state index in [-0.39, 0.29) is 11.2 Å². The van der Waals surface area contributed by atoms with Crippen molar-refractivity contribution in [2.24, 2.45) is 0 Å². The van der Waals surface area contributed by atoms with E-state index in [1.807, 2.05) is 18.2 Å². The largest absolute Gasteiger partial charge is 0.465 e. The fraction of sp³-hybridized carbons (Fsp3) is 0.400. The summed E-state index contributed by atoms with van der Waals surface area (Å²) in [6, 6.07) is 10.6. The van der Waals surface area contributed by atoms with E-state index in [9.17, 15) is 4.79 Å². The van der Waals surface area contributed by atoms with Gasteiger partial charge in [-0.2, -0.15) is 0 Å². The fourth-order valence-corrected chi connectivity index (χ4v) is 3.42. The van der Waals surface area contributed by atoms with Gasteiger partial charge in [0.1, 0.15) is 4.91 Å². The van der Waals surface area contributed by atoms with Gasteiger partial charge in [-0.25, -0.2) is 4.79 Å². The predicted molar refractivity (Wildman–Crippen MR) is 78.7 cm³/mol. The van der Waals surface area contributed by atoms with E-state index in [0.29, 0.717) is 10.9 Å². The Balaban J connectivity index is 2.19. The minimum absolute atomic E-state index is 0.244. The van der Waals surface area contributed by atoms with E-state index in [1.165, 1.54) is 12.7 Å². The number of thioether (sulfide) groups is 1. The molecule has 2 rings (SSSR count). The van der Waals surface area contributed by atoms with Crippen LogP contribution in [0.25, 0.3) is 0 Å². The van der Waals surface area contributed by atoms with E-state index in [0.717, 1.165) is 12.1 Å². The zero-order chi connectivity index (χ0) is 13.8. The summed E-state index contributed by atoms with van der Waals surface area (Å²) in [6.07, 6.45) is 0.845. The normalized spacial score (nSPS) is 18.8. The lowest BCUT2D eigenvalue weighted by molar-refractivity contribution is -0.135. The van der Waals surface area contributed by atoms with Crippen LogP contribution in [0, 0.1) is 0 Å². The molecule has 1 aliphatic heterocycles. The van der Waals surface area contributed by atoms with Gasteiger partial charge in [-0.1, -0.05) is 30.3 Å². The number of carbonyl (C=O) groups excluding carboxylic acids is 1. The van der Waals surface area contributed by atoms with Gasteiger partial charge in [-0.05, 0) is 19.4 Å². The zero-order valence-electron chi connectivity index (χ0n) is 11.5. The molecule has 0 fully saturated rings. The summed E-state index contributed by atoms with van der Waals surface area (Å²) in [7, 11) is 1.43. The van der Waals surface area contributed by atoms with E-state index in [4.69, 9.17) is 4.74 Å². The molecule has 0 aliphatic carbocycles. The Labute approximate surface area is 118 Å². The molecule has 1 N–H and O–H groups in total. The number of carbonyl (C=O) groups is 1. The first kappa shape index (κ1) is 14.0. The molecule has 0 aromatic heterocycles. The van der Waals surface area contributed by atoms with Crippen LogP contribution in [0.15, 0.2) is 40.9 Å². The highest BCUT2D eigenvalue weighted by atomic mass is 32.2. The van der Waals surface area contributed by atoms with E-state index in [2.05, 4.69) is 31.3 Å². The van der Waals surface area contributed by atoms with E-state index in [1.54, 1.807) is 11.8 Å². The Morgan fingerprint density at radius 2 is 2.05 bits per heavy atom. The molecule has 0 saturated heterocycles. The minimum Gasteiger partial charge on any atom is -0.465 e. The van der Waals surface area contributed by atoms with Gasteiger partial charge in [0.15, 0.2) is 0 Å². The lowest BCUT2D eigenvalue weighted by Crippen LogP contribution is -2.23. The Hall–Kier alpha value is -1.42. The molecule has 1 unspecified atom stereocenters. The summed E-state index contributed by atoms with van der Waals surface area (Å²) >= 11 is 1.59. The molecule has 0 amide bonds. The number of rotatable bonds is 4. The first-order valence-electron chi connectivity index (χ1n) is 6.41. The lowest BCUT2D eigenvalue weighted by atomic mass is 10.1. The van der Waals surface area contributed by atoms with Crippen LogP contribution in [0.4, 0.5) is 0 Å². The van der Waals surface area contributed by atoms with Gasteiger partial charge >= 0.3 is 5.97 Å². The Kier molecular flexibility index (Phi) is 4.53. The number of methoxy groups -OCH3 is 1. The number of esters is 1. The zero-order valence-corrected chi connectivity index (χ0v) is 12.3. The quantitative estimate of drug-likeness (QED) is 0.857. The molecule has 1 aliphatic rings. The van der Waals surface area contributed by atoms with Crippen molar-refractivity contribution in [3.8, 4) is 0 Å². The highest BCUT2D eigenvalue weighted by Gasteiger charge is 2.31. The first-order chi connectivity index (χ1) is 9.11. The predicted octanol–water partition coefficient (Wildman–Crippen LogP) is 3.25. The molecular weight excluding hydrogens is 258 g/mol. The van der Waals surface area contributed by atoms with Crippen LogP contribution in [-0.4, -0.2) is 19.1 Å². The van der Waals surface area contributed by atoms with Crippen molar-refractivity contribution in [3.63, 3.8) is 0 Å². The SMILES string of the molecule is COC(=O)C1=C(NC(C)C)CC(c2ccccc2)S1. The monoisotopic (exact) mass is 277 g/mol. The molecule has 1 heterocycles. The number of nitrogens with one attached hydrogen (secondary N) is 1. The molecule has 4 heteroatoms. The smallest absolute Gasteiger partial charge is 0.346 e. The van der Waals surface area contributed by atoms with Crippen LogP contribution in [0.1, 0.15) is 31.1 Å². The average molecular weight is 277 g/mol. The van der Waals surface area contributed by atoms with Crippen LogP contribution in [0.2, 0.25) is 0 Å². The molecule has 1 atom stereocenters. The van der Waals surface area contributed by atoms with Crippen molar-refractivity contribution in [1.82, 2.24) is 5.32 Å². The van der Waals surface area contributed by atoms with Gasteiger partial charge in [-0.3, -0.25) is 0 Å². The molecule has 0 saturated carbocycles. The summed E-state index contributed by atoms with van der Waals surface area (Å²) < 4.78 is 4.87. The maximum absolute atomic E-state index is 11.8. The third kappa shape index (κ3) is 3.32. The summed E-state index contributed by atoms with van der Waals surface area (Å²) in [4.78, 5) is 12.6. The Morgan fingerprint density at radius 1 is 1.37 bits per heavy atom. The molecule has 3 nitrogen and oxygen atoms in total. The summed E-state index contributed by atoms with van der Waals surface area (Å²) in [5.74, 6) is -0.244. The third-order valence-electron chi connectivity index (χ3n) is 2.93. The van der Waals surface area contributed by atoms with Crippen molar-refractivity contribution in [1.29, 1.82) is 0 Å². The number of benzene rings is 1. The van der Waals surface area contributed by atoms with Crippen LogP contribution in [-0.2, 0) is 9.53 Å². The Bertz CT molecular complexity index is 482. The molecule has 1 aromatic rings. The van der Waals surface area contributed by atoms with Gasteiger partial charge in [0, 0.05) is 23.4 Å². The van der Waals surface area contributed by atoms with Crippen molar-refractivity contribution in [3.05, 3.63) is 46.5 Å². The number of hydrogen-bond acceptors (Lipinski definition) is 4. The fourth-order valence-electron chi connectivity index (χ4n) is 2.12. The topological polar surface area (TPSA) is 38.3 Å². The van der Waals surface area contributed by atoms with Gasteiger partial charge in [0.05, 0.1) is 7.11 Å². The highest BCUT2D eigenvalue weighted by Crippen LogP contribution is 2.47. The standard InChI is InChI=1S/C15H19NO2S/c1-10(2)16-12-9-13(11-7-5-4-6-8-11)19-14(12)15(17)18-3/h4-8,10,13,16H,9H2,1-3H3. The van der Waals surface area contributed by atoms with Gasteiger partial charge in [0.2, 0.25) is 0 Å². The minimum atomic E-state index is -0.244. The van der Waals surface area contributed by atoms with E-state index < -0.39 is 0 Å². The number of ether oxygens (including phenoxy) is 1. The van der Waals surface area contributed by atoms with Crippen LogP contribution in [0.5, 0.6) is 0 Å². The number of hydrogen-bond donors (Lipinski definition) is 1. The summed E-state index contributed by atoms with van der Waals surface area (Å²) in [5, 5.41) is 3.65. The second kappa shape index (κ2) is 6.15. The molecule has 0 spiro atoms. The molecule has 102 valence electrons. The first-order valence-corrected chi connectivity index (χ1v) is 7.29. The number of allylic oxidation sites excluding steroid dienone is 1. The van der Waals surface area contributed by atoms with Crippen LogP contribution in [0.3, 0.4) is 0 Å². The second-order valence-electron chi connectivity index (χ2n) is 4.82. The van der Waals surface area contributed by atoms with Crippen LogP contribution < -0.4 is 5.32 Å². The molecule has 0 radical (unpaired) electrons. The van der Waals surface area contributed by atoms with Gasteiger partial charge in [-0.15, -0.1) is 11.8 Å². The molecule has 0 bridgehead atoms. The second-order valence-corrected chi connectivity index (χ2v) is 6.03. The van der Waals surface area contributed by atoms with Gasteiger partial charge < -0.3 is 10.1 Å². The van der Waals surface area contributed by atoms with Crippen molar-refractivity contribution < 1.29 is 9.53 Å². The third-order valence-corrected chi connectivity index (χ3v) is 4.30. The average Bonchev–Trinajstić information content (AvgIpc) is 2.82. The molecule has 1 aromatic carbocycles. The highest BCUT2D eigenvalue weighted by molar-refractivity contribution is 8.04. The van der Waals surface area contributed by atoms with E-state index >= 15 is 0 Å². The van der Waals surface area contributed by atoms with Crippen molar-refractivity contribution >= 4 is 17.7 Å². The Morgan fingerprint density at radius 3 is 2.63 bits per heavy atom. The maximum atomic E-state index is 11.8. The molecular formula is C15H19NO2S. The van der Waals surface area contributed by atoms with Gasteiger partial charge in [0.25, 0.3) is 0 Å². The molecule has 19 heavy (non-hydrogen) atoms. The lowest BCUT2D eigenvalue weighted by Gasteiger charge is -2.13. The summed E-state index contributed by atoms with van der Waals surface area (Å²) in [6.45, 7) is 4.14. The maximum Gasteiger partial charge on any atom is 0.346 e.